The zero-order valence-electron chi connectivity index (χ0n) is 8.65. The molecular weight excluding hydrogens is 186 g/mol. The van der Waals surface area contributed by atoms with E-state index in [1.54, 1.807) is 0 Å². The van der Waals surface area contributed by atoms with Crippen molar-refractivity contribution in [2.45, 2.75) is 12.8 Å². The number of hydrogen-bond donors (Lipinski definition) is 1. The van der Waals surface area contributed by atoms with E-state index in [1.807, 2.05) is 42.5 Å². The van der Waals surface area contributed by atoms with Crippen LogP contribution in [-0.4, -0.2) is 12.5 Å². The second kappa shape index (κ2) is 4.78. The molecule has 2 heteroatoms. The minimum atomic E-state index is 0.202. The summed E-state index contributed by atoms with van der Waals surface area (Å²) in [6.45, 7) is 0.629. The summed E-state index contributed by atoms with van der Waals surface area (Å²) in [4.78, 5) is 11.3. The first-order valence-electron chi connectivity index (χ1n) is 5.35. The average Bonchev–Trinajstić information content (AvgIpc) is 3.09. The molecule has 1 saturated carbocycles. The fourth-order valence-electron chi connectivity index (χ4n) is 1.41. The first-order valence-corrected chi connectivity index (χ1v) is 5.35. The molecule has 15 heavy (non-hydrogen) atoms. The topological polar surface area (TPSA) is 29.1 Å². The molecule has 2 rings (SSSR count). The van der Waals surface area contributed by atoms with Crippen molar-refractivity contribution in [3.05, 3.63) is 42.0 Å². The van der Waals surface area contributed by atoms with Crippen LogP contribution in [0.1, 0.15) is 18.4 Å². The largest absolute Gasteiger partial charge is 0.352 e. The Morgan fingerprint density at radius 1 is 1.33 bits per heavy atom. The molecule has 0 saturated heterocycles. The fraction of sp³-hybridized carbons (Fsp3) is 0.308. The molecule has 0 bridgehead atoms. The van der Waals surface area contributed by atoms with Crippen LogP contribution < -0.4 is 5.32 Å². The predicted molar refractivity (Wildman–Crippen MR) is 61.2 cm³/mol. The van der Waals surface area contributed by atoms with E-state index in [0.717, 1.165) is 18.4 Å². The maximum atomic E-state index is 11.3. The molecule has 0 aliphatic heterocycles. The molecule has 0 atom stereocenters. The van der Waals surface area contributed by atoms with Crippen molar-refractivity contribution >= 4 is 12.0 Å². The van der Waals surface area contributed by atoms with Gasteiger partial charge in [0.2, 0.25) is 5.91 Å². The van der Waals surface area contributed by atoms with Crippen molar-refractivity contribution in [3.8, 4) is 0 Å². The lowest BCUT2D eigenvalue weighted by molar-refractivity contribution is -0.122. The van der Waals surface area contributed by atoms with Crippen LogP contribution in [0, 0.1) is 5.92 Å². The number of rotatable bonds is 4. The van der Waals surface area contributed by atoms with Crippen LogP contribution in [0.3, 0.4) is 0 Å². The second-order valence-electron chi connectivity index (χ2n) is 3.83. The van der Waals surface area contributed by atoms with Gasteiger partial charge in [0.1, 0.15) is 0 Å². The Morgan fingerprint density at radius 3 is 2.73 bits per heavy atom. The van der Waals surface area contributed by atoms with Gasteiger partial charge in [0.15, 0.2) is 0 Å². The van der Waals surface area contributed by atoms with Crippen LogP contribution in [0.25, 0.3) is 6.08 Å². The quantitative estimate of drug-likeness (QED) is 0.795. The summed E-state index contributed by atoms with van der Waals surface area (Å²) in [5, 5.41) is 2.89. The number of benzene rings is 1. The van der Waals surface area contributed by atoms with E-state index >= 15 is 0 Å². The molecule has 1 aromatic carbocycles. The van der Waals surface area contributed by atoms with Crippen LogP contribution in [0.5, 0.6) is 0 Å². The normalized spacial score (nSPS) is 15.5. The van der Waals surface area contributed by atoms with E-state index in [2.05, 4.69) is 5.32 Å². The molecular formula is C13H15NO. The second-order valence-corrected chi connectivity index (χ2v) is 3.83. The van der Waals surface area contributed by atoms with E-state index < -0.39 is 0 Å². The van der Waals surface area contributed by atoms with Gasteiger partial charge < -0.3 is 5.32 Å². The Labute approximate surface area is 90.0 Å². The number of hydrogen-bond acceptors (Lipinski definition) is 1. The molecule has 1 aliphatic carbocycles. The molecule has 0 radical (unpaired) electrons. The van der Waals surface area contributed by atoms with Gasteiger partial charge in [-0.15, -0.1) is 0 Å². The van der Waals surface area contributed by atoms with Crippen molar-refractivity contribution in [1.82, 2.24) is 5.32 Å². The van der Waals surface area contributed by atoms with E-state index in [-0.39, 0.29) is 5.91 Å². The Bertz CT molecular complexity index is 352. The number of nitrogens with one attached hydrogen (secondary N) is 1. The molecule has 1 aromatic rings. The third-order valence-electron chi connectivity index (χ3n) is 2.45. The predicted octanol–water partition coefficient (Wildman–Crippen LogP) is 2.23. The molecule has 0 heterocycles. The lowest BCUT2D eigenvalue weighted by Crippen LogP contribution is -2.24. The minimum Gasteiger partial charge on any atom is -0.352 e. The molecule has 1 aliphatic rings. The molecule has 1 fully saturated rings. The van der Waals surface area contributed by atoms with E-state index in [0.29, 0.717) is 12.5 Å². The first kappa shape index (κ1) is 9.97. The van der Waals surface area contributed by atoms with Gasteiger partial charge in [0.05, 0.1) is 0 Å². The Balaban J connectivity index is 1.73. The van der Waals surface area contributed by atoms with E-state index in [9.17, 15) is 4.79 Å². The summed E-state index contributed by atoms with van der Waals surface area (Å²) in [5.41, 5.74) is 1.16. The van der Waals surface area contributed by atoms with Gasteiger partial charge >= 0.3 is 0 Å². The van der Waals surface area contributed by atoms with E-state index in [1.165, 1.54) is 0 Å². The summed E-state index contributed by atoms with van der Waals surface area (Å²) < 4.78 is 0. The Kier molecular flexibility index (Phi) is 3.18. The van der Waals surface area contributed by atoms with Gasteiger partial charge in [0, 0.05) is 12.5 Å². The standard InChI is InChI=1S/C13H15NO/c15-13(12-8-9-12)14-10-4-7-11-5-2-1-3-6-11/h1-7,12H,8-10H2,(H,14,15)/b7-4-. The molecule has 0 spiro atoms. The van der Waals surface area contributed by atoms with Gasteiger partial charge in [-0.1, -0.05) is 42.5 Å². The molecule has 1 N–H and O–H groups in total. The van der Waals surface area contributed by atoms with Crippen LogP contribution in [0.4, 0.5) is 0 Å². The highest BCUT2D eigenvalue weighted by Crippen LogP contribution is 2.28. The Morgan fingerprint density at radius 2 is 2.07 bits per heavy atom. The van der Waals surface area contributed by atoms with E-state index in [4.69, 9.17) is 0 Å². The van der Waals surface area contributed by atoms with Crippen LogP contribution in [0.15, 0.2) is 36.4 Å². The average molecular weight is 201 g/mol. The van der Waals surface area contributed by atoms with Gasteiger partial charge in [-0.05, 0) is 18.4 Å². The third-order valence-corrected chi connectivity index (χ3v) is 2.45. The van der Waals surface area contributed by atoms with Crippen LogP contribution >= 0.6 is 0 Å². The molecule has 0 aromatic heterocycles. The Hall–Kier alpha value is -1.57. The summed E-state index contributed by atoms with van der Waals surface area (Å²) >= 11 is 0. The SMILES string of the molecule is O=C(NC/C=C\c1ccccc1)C1CC1. The first-order chi connectivity index (χ1) is 7.36. The monoisotopic (exact) mass is 201 g/mol. The minimum absolute atomic E-state index is 0.202. The maximum Gasteiger partial charge on any atom is 0.223 e. The fourth-order valence-corrected chi connectivity index (χ4v) is 1.41. The molecule has 0 unspecified atom stereocenters. The van der Waals surface area contributed by atoms with Crippen LogP contribution in [0.2, 0.25) is 0 Å². The number of carbonyl (C=O) groups excluding carboxylic acids is 1. The van der Waals surface area contributed by atoms with Gasteiger partial charge in [0.25, 0.3) is 0 Å². The van der Waals surface area contributed by atoms with Crippen molar-refractivity contribution < 1.29 is 4.79 Å². The summed E-state index contributed by atoms with van der Waals surface area (Å²) in [6.07, 6.45) is 6.13. The third kappa shape index (κ3) is 3.24. The number of amides is 1. The lowest BCUT2D eigenvalue weighted by atomic mass is 10.2. The maximum absolute atomic E-state index is 11.3. The highest BCUT2D eigenvalue weighted by molar-refractivity contribution is 5.81. The highest BCUT2D eigenvalue weighted by Gasteiger charge is 2.28. The molecule has 1 amide bonds. The molecule has 78 valence electrons. The molecule has 2 nitrogen and oxygen atoms in total. The van der Waals surface area contributed by atoms with Crippen molar-refractivity contribution in [3.63, 3.8) is 0 Å². The zero-order chi connectivity index (χ0) is 10.5. The summed E-state index contributed by atoms with van der Waals surface area (Å²) in [7, 11) is 0. The zero-order valence-corrected chi connectivity index (χ0v) is 8.65. The van der Waals surface area contributed by atoms with Crippen molar-refractivity contribution in [1.29, 1.82) is 0 Å². The summed E-state index contributed by atoms with van der Waals surface area (Å²) in [5.74, 6) is 0.503. The van der Waals surface area contributed by atoms with Gasteiger partial charge in [-0.2, -0.15) is 0 Å². The van der Waals surface area contributed by atoms with Crippen molar-refractivity contribution in [2.24, 2.45) is 5.92 Å². The number of carbonyl (C=O) groups is 1. The smallest absolute Gasteiger partial charge is 0.223 e. The highest BCUT2D eigenvalue weighted by atomic mass is 16.2. The van der Waals surface area contributed by atoms with Gasteiger partial charge in [-0.25, -0.2) is 0 Å². The van der Waals surface area contributed by atoms with Gasteiger partial charge in [-0.3, -0.25) is 4.79 Å². The van der Waals surface area contributed by atoms with Crippen LogP contribution in [-0.2, 0) is 4.79 Å². The van der Waals surface area contributed by atoms with Crippen molar-refractivity contribution in [2.75, 3.05) is 6.54 Å². The lowest BCUT2D eigenvalue weighted by Gasteiger charge is -1.98. The summed E-state index contributed by atoms with van der Waals surface area (Å²) in [6, 6.07) is 10.1.